The normalized spacial score (nSPS) is 31.3. The molecular formula is C29H24Br2N2O6. The minimum Gasteiger partial charge on any atom is -0.463 e. The number of rotatable bonds is 4. The Hall–Kier alpha value is -3.11. The summed E-state index contributed by atoms with van der Waals surface area (Å²) >= 11 is 6.75. The zero-order chi connectivity index (χ0) is 28.0. The molecule has 1 saturated carbocycles. The Labute approximate surface area is 241 Å². The Morgan fingerprint density at radius 3 is 1.56 bits per heavy atom. The van der Waals surface area contributed by atoms with Crippen LogP contribution in [0.5, 0.6) is 0 Å². The Morgan fingerprint density at radius 1 is 0.769 bits per heavy atom. The molecule has 2 aromatic carbocycles. The van der Waals surface area contributed by atoms with Gasteiger partial charge in [-0.3, -0.25) is 29.0 Å². The number of hydrogen-bond acceptors (Lipinski definition) is 6. The molecule has 2 aromatic rings. The van der Waals surface area contributed by atoms with Gasteiger partial charge in [-0.2, -0.15) is 0 Å². The van der Waals surface area contributed by atoms with Crippen molar-refractivity contribution in [3.05, 3.63) is 68.6 Å². The molecule has 5 aliphatic rings. The second kappa shape index (κ2) is 8.96. The van der Waals surface area contributed by atoms with E-state index in [2.05, 4.69) is 31.9 Å². The number of allylic oxidation sites excluding steroid dienone is 1. The SMILES string of the molecule is CCOC(=O)C1=C(C)C2[C@@H]3C(=O)N(c4ccc(Br)cc4)C(=O)[C@H]3C1(C)[C@H]1C(=O)N(c3ccc(Br)cc3)C(=O)[C@@H]21. The fourth-order valence-electron chi connectivity index (χ4n) is 7.50. The van der Waals surface area contributed by atoms with Gasteiger partial charge in [-0.25, -0.2) is 4.79 Å². The van der Waals surface area contributed by atoms with E-state index in [1.165, 1.54) is 0 Å². The Kier molecular flexibility index (Phi) is 6.00. The molecule has 3 aliphatic carbocycles. The van der Waals surface area contributed by atoms with Gasteiger partial charge in [0.1, 0.15) is 0 Å². The lowest BCUT2D eigenvalue weighted by atomic mass is 9.43. The van der Waals surface area contributed by atoms with Crippen molar-refractivity contribution in [3.8, 4) is 0 Å². The van der Waals surface area contributed by atoms with Crippen molar-refractivity contribution in [2.24, 2.45) is 35.0 Å². The summed E-state index contributed by atoms with van der Waals surface area (Å²) in [6.07, 6.45) is 0. The zero-order valence-corrected chi connectivity index (χ0v) is 24.5. The van der Waals surface area contributed by atoms with Crippen molar-refractivity contribution in [2.45, 2.75) is 20.8 Å². The lowest BCUT2D eigenvalue weighted by Crippen LogP contribution is -2.61. The number of esters is 1. The number of imide groups is 2. The van der Waals surface area contributed by atoms with Crippen LogP contribution in [0.4, 0.5) is 11.4 Å². The third-order valence-corrected chi connectivity index (χ3v) is 9.91. The summed E-state index contributed by atoms with van der Waals surface area (Å²) in [7, 11) is 0. The summed E-state index contributed by atoms with van der Waals surface area (Å²) in [6.45, 7) is 5.19. The van der Waals surface area contributed by atoms with Crippen molar-refractivity contribution in [2.75, 3.05) is 16.4 Å². The predicted octanol–water partition coefficient (Wildman–Crippen LogP) is 4.65. The van der Waals surface area contributed by atoms with E-state index in [1.54, 1.807) is 69.3 Å². The monoisotopic (exact) mass is 654 g/mol. The maximum atomic E-state index is 14.1. The van der Waals surface area contributed by atoms with Gasteiger partial charge >= 0.3 is 5.97 Å². The van der Waals surface area contributed by atoms with Crippen molar-refractivity contribution < 1.29 is 28.7 Å². The van der Waals surface area contributed by atoms with Crippen LogP contribution in [-0.2, 0) is 28.7 Å². The van der Waals surface area contributed by atoms with Crippen molar-refractivity contribution in [1.29, 1.82) is 0 Å². The van der Waals surface area contributed by atoms with Gasteiger partial charge in [-0.05, 0) is 62.4 Å². The molecule has 2 unspecified atom stereocenters. The zero-order valence-electron chi connectivity index (χ0n) is 21.3. The largest absolute Gasteiger partial charge is 0.463 e. The van der Waals surface area contributed by atoms with Crippen LogP contribution in [0.3, 0.4) is 0 Å². The topological polar surface area (TPSA) is 101 Å². The van der Waals surface area contributed by atoms with Crippen molar-refractivity contribution in [1.82, 2.24) is 0 Å². The lowest BCUT2D eigenvalue weighted by molar-refractivity contribution is -0.155. The molecule has 6 atom stereocenters. The van der Waals surface area contributed by atoms with Gasteiger partial charge in [0, 0.05) is 25.9 Å². The average molecular weight is 656 g/mol. The number of benzene rings is 2. The number of ether oxygens (including phenoxy) is 1. The standard InChI is InChI=1S/C29H24Br2N2O6/c1-4-39-28(38)21-13(2)18-19-22(26(36)32(24(19)34)16-9-5-14(30)6-10-16)29(21,3)23-20(18)25(35)33(27(23)37)17-11-7-15(31)8-12-17/h5-12,18-20,22-23H,4H2,1-3H3/t18?,19-,20-,22-,23+,29?/m0/s1. The predicted molar refractivity (Wildman–Crippen MR) is 148 cm³/mol. The van der Waals surface area contributed by atoms with Gasteiger partial charge in [0.05, 0.1) is 41.7 Å². The maximum absolute atomic E-state index is 14.1. The van der Waals surface area contributed by atoms with Gasteiger partial charge in [0.2, 0.25) is 23.6 Å². The molecule has 200 valence electrons. The second-order valence-corrected chi connectivity index (χ2v) is 12.4. The van der Waals surface area contributed by atoms with Gasteiger partial charge in [-0.15, -0.1) is 0 Å². The molecule has 7 rings (SSSR count). The van der Waals surface area contributed by atoms with Gasteiger partial charge in [0.25, 0.3) is 0 Å². The molecule has 8 nitrogen and oxygen atoms in total. The minimum absolute atomic E-state index is 0.105. The van der Waals surface area contributed by atoms with E-state index in [4.69, 9.17) is 4.74 Å². The molecule has 3 fully saturated rings. The van der Waals surface area contributed by atoms with E-state index in [1.807, 2.05) is 0 Å². The van der Waals surface area contributed by atoms with E-state index >= 15 is 0 Å². The number of amides is 4. The number of nitrogens with zero attached hydrogens (tertiary/aromatic N) is 2. The summed E-state index contributed by atoms with van der Waals surface area (Å²) in [5.41, 5.74) is 0.153. The van der Waals surface area contributed by atoms with Gasteiger partial charge in [-0.1, -0.05) is 44.4 Å². The first kappa shape index (κ1) is 26.1. The summed E-state index contributed by atoms with van der Waals surface area (Å²) in [5, 5.41) is 0. The third kappa shape index (κ3) is 3.37. The first-order valence-corrected chi connectivity index (χ1v) is 14.3. The van der Waals surface area contributed by atoms with Crippen molar-refractivity contribution in [3.63, 3.8) is 0 Å². The quantitative estimate of drug-likeness (QED) is 0.351. The summed E-state index contributed by atoms with van der Waals surface area (Å²) < 4.78 is 6.99. The van der Waals surface area contributed by atoms with Crippen molar-refractivity contribution >= 4 is 72.8 Å². The van der Waals surface area contributed by atoms with Crippen LogP contribution in [0.15, 0.2) is 68.6 Å². The van der Waals surface area contributed by atoms with Crippen LogP contribution in [0.2, 0.25) is 0 Å². The van der Waals surface area contributed by atoms with E-state index < -0.39 is 64.6 Å². The molecule has 0 aromatic heterocycles. The number of hydrogen-bond donors (Lipinski definition) is 0. The second-order valence-electron chi connectivity index (χ2n) is 10.6. The maximum Gasteiger partial charge on any atom is 0.334 e. The Balaban J connectivity index is 1.54. The fraction of sp³-hybridized carbons (Fsp3) is 0.345. The van der Waals surface area contributed by atoms with Crippen LogP contribution in [-0.4, -0.2) is 36.2 Å². The highest BCUT2D eigenvalue weighted by atomic mass is 79.9. The van der Waals surface area contributed by atoms with Crippen LogP contribution in [0.1, 0.15) is 20.8 Å². The average Bonchev–Trinajstić information content (AvgIpc) is 3.32. The van der Waals surface area contributed by atoms with E-state index in [0.29, 0.717) is 16.9 Å². The summed E-state index contributed by atoms with van der Waals surface area (Å²) in [5.74, 6) is -6.98. The summed E-state index contributed by atoms with van der Waals surface area (Å²) in [4.78, 5) is 72.0. The number of anilines is 2. The Bertz CT molecular complexity index is 1410. The molecule has 2 saturated heterocycles. The molecule has 0 spiro atoms. The van der Waals surface area contributed by atoms with Crippen LogP contribution in [0, 0.1) is 35.0 Å². The molecule has 0 radical (unpaired) electrons. The highest BCUT2D eigenvalue weighted by Gasteiger charge is 2.77. The van der Waals surface area contributed by atoms with Gasteiger partial charge in [0.15, 0.2) is 0 Å². The summed E-state index contributed by atoms with van der Waals surface area (Å²) in [6, 6.07) is 13.6. The first-order chi connectivity index (χ1) is 18.5. The lowest BCUT2D eigenvalue weighted by Gasteiger charge is -2.55. The van der Waals surface area contributed by atoms with Crippen LogP contribution < -0.4 is 9.80 Å². The first-order valence-electron chi connectivity index (χ1n) is 12.7. The molecule has 2 bridgehead atoms. The third-order valence-electron chi connectivity index (χ3n) is 8.85. The van der Waals surface area contributed by atoms with Crippen LogP contribution in [0.25, 0.3) is 0 Å². The minimum atomic E-state index is -1.42. The Morgan fingerprint density at radius 2 is 1.18 bits per heavy atom. The fourth-order valence-corrected chi connectivity index (χ4v) is 8.03. The molecule has 4 amide bonds. The highest BCUT2D eigenvalue weighted by Crippen LogP contribution is 2.68. The number of carbonyl (C=O) groups excluding carboxylic acids is 5. The highest BCUT2D eigenvalue weighted by molar-refractivity contribution is 9.10. The van der Waals surface area contributed by atoms with Gasteiger partial charge < -0.3 is 4.74 Å². The molecule has 0 N–H and O–H groups in total. The van der Waals surface area contributed by atoms with E-state index in [9.17, 15) is 24.0 Å². The van der Waals surface area contributed by atoms with E-state index in [-0.39, 0.29) is 12.2 Å². The molecule has 2 heterocycles. The molecule has 39 heavy (non-hydrogen) atoms. The number of carbonyl (C=O) groups is 5. The smallest absolute Gasteiger partial charge is 0.334 e. The number of halogens is 2. The molecular weight excluding hydrogens is 632 g/mol. The van der Waals surface area contributed by atoms with E-state index in [0.717, 1.165) is 18.7 Å². The van der Waals surface area contributed by atoms with Crippen LogP contribution >= 0.6 is 31.9 Å². The molecule has 10 heteroatoms. The molecule has 2 aliphatic heterocycles.